The van der Waals surface area contributed by atoms with Crippen LogP contribution >= 0.6 is 0 Å². The third-order valence-corrected chi connectivity index (χ3v) is 4.79. The van der Waals surface area contributed by atoms with Crippen LogP contribution in [0.15, 0.2) is 24.3 Å². The second-order valence-electron chi connectivity index (χ2n) is 7.19. The SMILES string of the molecule is CC(C)(C)C1CCN(C(=O)C2Cc3ccccc3N2)C1. The van der Waals surface area contributed by atoms with Crippen LogP contribution in [0, 0.1) is 11.3 Å². The first-order valence-electron chi connectivity index (χ1n) is 7.58. The number of nitrogens with one attached hydrogen (secondary N) is 1. The van der Waals surface area contributed by atoms with E-state index in [0.29, 0.717) is 11.3 Å². The van der Waals surface area contributed by atoms with Gasteiger partial charge in [-0.05, 0) is 29.4 Å². The molecule has 3 nitrogen and oxygen atoms in total. The van der Waals surface area contributed by atoms with Gasteiger partial charge in [-0.2, -0.15) is 0 Å². The number of amides is 1. The molecule has 3 heteroatoms. The first-order valence-corrected chi connectivity index (χ1v) is 7.58. The molecule has 1 amide bonds. The third kappa shape index (κ3) is 2.41. The Morgan fingerprint density at radius 3 is 2.70 bits per heavy atom. The highest BCUT2D eigenvalue weighted by Gasteiger charge is 2.37. The van der Waals surface area contributed by atoms with Gasteiger partial charge in [0, 0.05) is 25.2 Å². The van der Waals surface area contributed by atoms with Crippen molar-refractivity contribution in [1.82, 2.24) is 4.90 Å². The van der Waals surface area contributed by atoms with Crippen LogP contribution < -0.4 is 5.32 Å². The van der Waals surface area contributed by atoms with E-state index in [1.54, 1.807) is 0 Å². The van der Waals surface area contributed by atoms with Gasteiger partial charge in [0.2, 0.25) is 5.91 Å². The van der Waals surface area contributed by atoms with Crippen LogP contribution in [0.5, 0.6) is 0 Å². The number of fused-ring (bicyclic) bond motifs is 1. The quantitative estimate of drug-likeness (QED) is 0.852. The van der Waals surface area contributed by atoms with Crippen LogP contribution in [0.2, 0.25) is 0 Å². The van der Waals surface area contributed by atoms with Gasteiger partial charge in [0.1, 0.15) is 6.04 Å². The fourth-order valence-electron chi connectivity index (χ4n) is 3.33. The topological polar surface area (TPSA) is 32.3 Å². The third-order valence-electron chi connectivity index (χ3n) is 4.79. The molecule has 0 aliphatic carbocycles. The molecule has 2 aliphatic rings. The molecule has 0 radical (unpaired) electrons. The average molecular weight is 272 g/mol. The van der Waals surface area contributed by atoms with Gasteiger partial charge < -0.3 is 10.2 Å². The average Bonchev–Trinajstić information content (AvgIpc) is 3.04. The van der Waals surface area contributed by atoms with Crippen molar-refractivity contribution in [3.63, 3.8) is 0 Å². The van der Waals surface area contributed by atoms with Crippen LogP contribution in [-0.2, 0) is 11.2 Å². The Bertz CT molecular complexity index is 493. The van der Waals surface area contributed by atoms with E-state index < -0.39 is 0 Å². The Labute approximate surface area is 121 Å². The summed E-state index contributed by atoms with van der Waals surface area (Å²) < 4.78 is 0. The fourth-order valence-corrected chi connectivity index (χ4v) is 3.33. The van der Waals surface area contributed by atoms with Crippen molar-refractivity contribution < 1.29 is 4.79 Å². The van der Waals surface area contributed by atoms with Gasteiger partial charge in [0.15, 0.2) is 0 Å². The highest BCUT2D eigenvalue weighted by atomic mass is 16.2. The number of nitrogens with zero attached hydrogens (tertiary/aromatic N) is 1. The largest absolute Gasteiger partial charge is 0.373 e. The van der Waals surface area contributed by atoms with E-state index in [1.165, 1.54) is 5.56 Å². The van der Waals surface area contributed by atoms with Gasteiger partial charge in [-0.3, -0.25) is 4.79 Å². The van der Waals surface area contributed by atoms with E-state index in [-0.39, 0.29) is 11.9 Å². The lowest BCUT2D eigenvalue weighted by Gasteiger charge is -2.27. The maximum Gasteiger partial charge on any atom is 0.245 e. The molecule has 0 bridgehead atoms. The molecule has 0 spiro atoms. The van der Waals surface area contributed by atoms with Crippen molar-refractivity contribution in [3.8, 4) is 0 Å². The molecule has 3 rings (SSSR count). The minimum absolute atomic E-state index is 0.0638. The Morgan fingerprint density at radius 2 is 2.05 bits per heavy atom. The summed E-state index contributed by atoms with van der Waals surface area (Å²) >= 11 is 0. The first-order chi connectivity index (χ1) is 9.45. The summed E-state index contributed by atoms with van der Waals surface area (Å²) in [6.07, 6.45) is 1.96. The molecule has 2 aliphatic heterocycles. The number of carbonyl (C=O) groups is 1. The molecule has 1 saturated heterocycles. The molecule has 0 aromatic heterocycles. The number of hydrogen-bond acceptors (Lipinski definition) is 2. The maximum absolute atomic E-state index is 12.7. The molecule has 1 aromatic rings. The van der Waals surface area contributed by atoms with Gasteiger partial charge in [-0.25, -0.2) is 0 Å². The number of rotatable bonds is 1. The van der Waals surface area contributed by atoms with Gasteiger partial charge in [-0.15, -0.1) is 0 Å². The summed E-state index contributed by atoms with van der Waals surface area (Å²) in [6, 6.07) is 8.16. The predicted octanol–water partition coefficient (Wildman–Crippen LogP) is 2.92. The molecule has 108 valence electrons. The zero-order valence-corrected chi connectivity index (χ0v) is 12.6. The van der Waals surface area contributed by atoms with Gasteiger partial charge in [0.25, 0.3) is 0 Å². The van der Waals surface area contributed by atoms with Crippen LogP contribution in [0.1, 0.15) is 32.8 Å². The normalized spacial score (nSPS) is 25.4. The number of carbonyl (C=O) groups excluding carboxylic acids is 1. The zero-order valence-electron chi connectivity index (χ0n) is 12.6. The maximum atomic E-state index is 12.7. The zero-order chi connectivity index (χ0) is 14.3. The number of benzene rings is 1. The van der Waals surface area contributed by atoms with E-state index in [9.17, 15) is 4.79 Å². The Morgan fingerprint density at radius 1 is 1.30 bits per heavy atom. The summed E-state index contributed by atoms with van der Waals surface area (Å²) in [7, 11) is 0. The highest BCUT2D eigenvalue weighted by Crippen LogP contribution is 2.34. The van der Waals surface area contributed by atoms with E-state index in [4.69, 9.17) is 0 Å². The summed E-state index contributed by atoms with van der Waals surface area (Å²) in [5.41, 5.74) is 2.68. The minimum atomic E-state index is -0.0638. The summed E-state index contributed by atoms with van der Waals surface area (Å²) in [6.45, 7) is 8.64. The van der Waals surface area contributed by atoms with E-state index >= 15 is 0 Å². The molecule has 20 heavy (non-hydrogen) atoms. The lowest BCUT2D eigenvalue weighted by Crippen LogP contribution is -2.41. The molecule has 0 saturated carbocycles. The van der Waals surface area contributed by atoms with Crippen molar-refractivity contribution in [2.45, 2.75) is 39.7 Å². The first kappa shape index (κ1) is 13.5. The molecule has 2 heterocycles. The summed E-state index contributed by atoms with van der Waals surface area (Å²) in [5, 5.41) is 3.37. The standard InChI is InChI=1S/C17H24N2O/c1-17(2,3)13-8-9-19(11-13)16(20)15-10-12-6-4-5-7-14(12)18-15/h4-7,13,15,18H,8-11H2,1-3H3. The Balaban J connectivity index is 1.65. The van der Waals surface area contributed by atoms with Gasteiger partial charge >= 0.3 is 0 Å². The van der Waals surface area contributed by atoms with Crippen molar-refractivity contribution in [3.05, 3.63) is 29.8 Å². The Kier molecular flexibility index (Phi) is 3.23. The van der Waals surface area contributed by atoms with Crippen molar-refractivity contribution >= 4 is 11.6 Å². The molecule has 1 N–H and O–H groups in total. The smallest absolute Gasteiger partial charge is 0.245 e. The summed E-state index contributed by atoms with van der Waals surface area (Å²) in [5.74, 6) is 0.892. The highest BCUT2D eigenvalue weighted by molar-refractivity contribution is 5.87. The van der Waals surface area contributed by atoms with Crippen molar-refractivity contribution in [2.75, 3.05) is 18.4 Å². The summed E-state index contributed by atoms with van der Waals surface area (Å²) in [4.78, 5) is 14.7. The van der Waals surface area contributed by atoms with E-state index in [0.717, 1.165) is 31.6 Å². The molecular weight excluding hydrogens is 248 g/mol. The molecular formula is C17H24N2O. The number of para-hydroxylation sites is 1. The predicted molar refractivity (Wildman–Crippen MR) is 81.7 cm³/mol. The van der Waals surface area contributed by atoms with Gasteiger partial charge in [0.05, 0.1) is 0 Å². The molecule has 2 unspecified atom stereocenters. The lowest BCUT2D eigenvalue weighted by atomic mass is 9.80. The van der Waals surface area contributed by atoms with Crippen LogP contribution in [0.25, 0.3) is 0 Å². The number of likely N-dealkylation sites (tertiary alicyclic amines) is 1. The van der Waals surface area contributed by atoms with Crippen molar-refractivity contribution in [1.29, 1.82) is 0 Å². The minimum Gasteiger partial charge on any atom is -0.373 e. The van der Waals surface area contributed by atoms with Gasteiger partial charge in [-0.1, -0.05) is 39.0 Å². The fraction of sp³-hybridized carbons (Fsp3) is 0.588. The Hall–Kier alpha value is -1.51. The second kappa shape index (κ2) is 4.80. The second-order valence-corrected chi connectivity index (χ2v) is 7.19. The van der Waals surface area contributed by atoms with Crippen LogP contribution in [-0.4, -0.2) is 29.9 Å². The van der Waals surface area contributed by atoms with Crippen molar-refractivity contribution in [2.24, 2.45) is 11.3 Å². The van der Waals surface area contributed by atoms with Crippen LogP contribution in [0.4, 0.5) is 5.69 Å². The van der Waals surface area contributed by atoms with E-state index in [2.05, 4.69) is 43.1 Å². The van der Waals surface area contributed by atoms with Crippen LogP contribution in [0.3, 0.4) is 0 Å². The monoisotopic (exact) mass is 272 g/mol. The number of anilines is 1. The van der Waals surface area contributed by atoms with E-state index in [1.807, 2.05) is 12.1 Å². The molecule has 2 atom stereocenters. The lowest BCUT2D eigenvalue weighted by molar-refractivity contribution is -0.131. The number of hydrogen-bond donors (Lipinski definition) is 1. The molecule has 1 aromatic carbocycles. The molecule has 1 fully saturated rings.